The summed E-state index contributed by atoms with van der Waals surface area (Å²) in [7, 11) is 3.69. The molecule has 0 aliphatic carbocycles. The molecule has 0 aromatic heterocycles. The topological polar surface area (TPSA) is 71.1 Å². The molecule has 5 nitrogen and oxygen atoms in total. The van der Waals surface area contributed by atoms with Gasteiger partial charge < -0.3 is 20.6 Å². The third-order valence-corrected chi connectivity index (χ3v) is 3.31. The van der Waals surface area contributed by atoms with Crippen molar-refractivity contribution in [2.45, 2.75) is 18.9 Å². The maximum absolute atomic E-state index is 8.94. The molecule has 19 heavy (non-hydrogen) atoms. The first-order valence-electron chi connectivity index (χ1n) is 6.31. The van der Waals surface area contributed by atoms with Crippen molar-refractivity contribution >= 4 is 5.84 Å². The lowest BCUT2D eigenvalue weighted by molar-refractivity contribution is 0.115. The Hall–Kier alpha value is -1.59. The molecule has 0 spiro atoms. The highest BCUT2D eigenvalue weighted by Crippen LogP contribution is 2.18. The summed E-state index contributed by atoms with van der Waals surface area (Å²) in [4.78, 5) is 2.14. The van der Waals surface area contributed by atoms with E-state index in [0.29, 0.717) is 13.2 Å². The number of benzene rings is 1. The smallest absolute Gasteiger partial charge is 0.147 e. The minimum absolute atomic E-state index is 0.129. The lowest BCUT2D eigenvalue weighted by Gasteiger charge is -2.28. The maximum Gasteiger partial charge on any atom is 0.147 e. The first kappa shape index (κ1) is 15.5. The van der Waals surface area contributed by atoms with Gasteiger partial charge in [-0.2, -0.15) is 0 Å². The second kappa shape index (κ2) is 7.76. The summed E-state index contributed by atoms with van der Waals surface area (Å²) in [5.74, 6) is 0.0955. The zero-order chi connectivity index (χ0) is 14.3. The van der Waals surface area contributed by atoms with Gasteiger partial charge in [-0.15, -0.1) is 0 Å². The molecule has 0 amide bonds. The Kier molecular flexibility index (Phi) is 6.32. The van der Waals surface area contributed by atoms with E-state index in [-0.39, 0.29) is 17.8 Å². The van der Waals surface area contributed by atoms with Gasteiger partial charge in [-0.3, -0.25) is 0 Å². The van der Waals surface area contributed by atoms with Crippen molar-refractivity contribution in [3.05, 3.63) is 35.9 Å². The fourth-order valence-corrected chi connectivity index (χ4v) is 1.96. The first-order chi connectivity index (χ1) is 9.10. The Morgan fingerprint density at radius 1 is 1.42 bits per heavy atom. The van der Waals surface area contributed by atoms with Crippen LogP contribution in [0.15, 0.2) is 35.5 Å². The number of hydrogen-bond donors (Lipinski definition) is 2. The Labute approximate surface area is 114 Å². The molecular formula is C14H23N3O2. The van der Waals surface area contributed by atoms with Crippen LogP contribution in [0.5, 0.6) is 0 Å². The summed E-state index contributed by atoms with van der Waals surface area (Å²) < 4.78 is 5.15. The lowest BCUT2D eigenvalue weighted by atomic mass is 9.97. The second-order valence-electron chi connectivity index (χ2n) is 4.73. The molecule has 0 aliphatic rings. The average molecular weight is 265 g/mol. The van der Waals surface area contributed by atoms with E-state index in [1.807, 2.05) is 37.4 Å². The van der Waals surface area contributed by atoms with E-state index >= 15 is 0 Å². The zero-order valence-corrected chi connectivity index (χ0v) is 11.8. The van der Waals surface area contributed by atoms with Crippen molar-refractivity contribution in [1.29, 1.82) is 0 Å². The van der Waals surface area contributed by atoms with E-state index < -0.39 is 0 Å². The fourth-order valence-electron chi connectivity index (χ4n) is 1.96. The van der Waals surface area contributed by atoms with E-state index in [1.54, 1.807) is 7.11 Å². The summed E-state index contributed by atoms with van der Waals surface area (Å²) in [5, 5.41) is 12.1. The van der Waals surface area contributed by atoms with Crippen molar-refractivity contribution in [3.63, 3.8) is 0 Å². The van der Waals surface area contributed by atoms with Crippen molar-refractivity contribution < 1.29 is 9.94 Å². The molecule has 3 N–H and O–H groups in total. The number of ether oxygens (including phenoxy) is 1. The molecule has 0 saturated heterocycles. The third kappa shape index (κ3) is 4.54. The van der Waals surface area contributed by atoms with Gasteiger partial charge in [0.2, 0.25) is 0 Å². The largest absolute Gasteiger partial charge is 0.409 e. The summed E-state index contributed by atoms with van der Waals surface area (Å²) in [5.41, 5.74) is 6.85. The minimum atomic E-state index is -0.129. The highest BCUT2D eigenvalue weighted by molar-refractivity contribution is 5.87. The molecule has 0 aliphatic heterocycles. The second-order valence-corrected chi connectivity index (χ2v) is 4.73. The molecule has 2 unspecified atom stereocenters. The molecule has 106 valence electrons. The molecule has 0 heterocycles. The van der Waals surface area contributed by atoms with E-state index in [2.05, 4.69) is 17.0 Å². The van der Waals surface area contributed by atoms with Crippen LogP contribution >= 0.6 is 0 Å². The van der Waals surface area contributed by atoms with Gasteiger partial charge in [-0.05, 0) is 19.5 Å². The molecular weight excluding hydrogens is 242 g/mol. The van der Waals surface area contributed by atoms with Gasteiger partial charge >= 0.3 is 0 Å². The van der Waals surface area contributed by atoms with E-state index in [9.17, 15) is 0 Å². The molecule has 0 radical (unpaired) electrons. The predicted octanol–water partition coefficient (Wildman–Crippen LogP) is 1.48. The molecule has 0 bridgehead atoms. The highest BCUT2D eigenvalue weighted by Gasteiger charge is 2.21. The number of methoxy groups -OCH3 is 1. The average Bonchev–Trinajstić information content (AvgIpc) is 2.44. The fraction of sp³-hybridized carbons (Fsp3) is 0.500. The Morgan fingerprint density at radius 3 is 2.58 bits per heavy atom. The van der Waals surface area contributed by atoms with Crippen LogP contribution in [-0.2, 0) is 4.74 Å². The number of rotatable bonds is 7. The summed E-state index contributed by atoms with van der Waals surface area (Å²) in [6.07, 6.45) is 0. The Morgan fingerprint density at radius 2 is 2.05 bits per heavy atom. The van der Waals surface area contributed by atoms with Crippen LogP contribution in [0.4, 0.5) is 0 Å². The van der Waals surface area contributed by atoms with Crippen molar-refractivity contribution in [2.24, 2.45) is 10.9 Å². The normalized spacial score (nSPS) is 15.5. The molecule has 1 aromatic rings. The first-order valence-corrected chi connectivity index (χ1v) is 6.31. The predicted molar refractivity (Wildman–Crippen MR) is 76.6 cm³/mol. The molecule has 0 fully saturated rings. The van der Waals surface area contributed by atoms with Crippen LogP contribution in [0.3, 0.4) is 0 Å². The van der Waals surface area contributed by atoms with Gasteiger partial charge in [0.15, 0.2) is 0 Å². The summed E-state index contributed by atoms with van der Waals surface area (Å²) in [6, 6.07) is 10.1. The number of hydrogen-bond acceptors (Lipinski definition) is 4. The minimum Gasteiger partial charge on any atom is -0.409 e. The molecule has 0 saturated carbocycles. The maximum atomic E-state index is 8.94. The van der Waals surface area contributed by atoms with Crippen LogP contribution in [-0.4, -0.2) is 49.3 Å². The van der Waals surface area contributed by atoms with Crippen molar-refractivity contribution in [3.8, 4) is 0 Å². The van der Waals surface area contributed by atoms with Crippen molar-refractivity contribution in [1.82, 2.24) is 4.90 Å². The van der Waals surface area contributed by atoms with Crippen LogP contribution in [0, 0.1) is 0 Å². The Bertz CT molecular complexity index is 395. The molecule has 2 atom stereocenters. The number of oxime groups is 1. The highest BCUT2D eigenvalue weighted by atomic mass is 16.5. The summed E-state index contributed by atoms with van der Waals surface area (Å²) >= 11 is 0. The lowest BCUT2D eigenvalue weighted by Crippen LogP contribution is -2.39. The number of likely N-dealkylation sites (N-methyl/N-ethyl adjacent to an activating group) is 1. The Balaban J connectivity index is 2.82. The van der Waals surface area contributed by atoms with Crippen molar-refractivity contribution in [2.75, 3.05) is 27.3 Å². The van der Waals surface area contributed by atoms with Crippen LogP contribution in [0.1, 0.15) is 18.4 Å². The number of amidine groups is 1. The van der Waals surface area contributed by atoms with E-state index in [4.69, 9.17) is 15.7 Å². The van der Waals surface area contributed by atoms with Gasteiger partial charge in [0, 0.05) is 19.7 Å². The van der Waals surface area contributed by atoms with Gasteiger partial charge in [0.25, 0.3) is 0 Å². The van der Waals surface area contributed by atoms with Crippen LogP contribution in [0.2, 0.25) is 0 Å². The van der Waals surface area contributed by atoms with E-state index in [1.165, 1.54) is 0 Å². The molecule has 1 rings (SSSR count). The monoisotopic (exact) mass is 265 g/mol. The standard InChI is InChI=1S/C14H23N3O2/c1-11(10-19-3)17(2)9-13(14(15)16-18)12-7-5-4-6-8-12/h4-8,11,13,18H,9-10H2,1-3H3,(H2,15,16). The molecule has 5 heteroatoms. The van der Waals surface area contributed by atoms with Crippen LogP contribution < -0.4 is 5.73 Å². The van der Waals surface area contributed by atoms with Gasteiger partial charge in [-0.1, -0.05) is 35.5 Å². The van der Waals surface area contributed by atoms with Gasteiger partial charge in [0.1, 0.15) is 5.84 Å². The van der Waals surface area contributed by atoms with E-state index in [0.717, 1.165) is 5.56 Å². The third-order valence-electron chi connectivity index (χ3n) is 3.31. The van der Waals surface area contributed by atoms with Gasteiger partial charge in [0.05, 0.1) is 12.5 Å². The SMILES string of the molecule is COCC(C)N(C)CC(C(N)=NO)c1ccccc1. The zero-order valence-electron chi connectivity index (χ0n) is 11.8. The van der Waals surface area contributed by atoms with Gasteiger partial charge in [-0.25, -0.2) is 0 Å². The quantitative estimate of drug-likeness (QED) is 0.339. The number of nitrogens with two attached hydrogens (primary N) is 1. The number of nitrogens with zero attached hydrogens (tertiary/aromatic N) is 2. The van der Waals surface area contributed by atoms with Crippen LogP contribution in [0.25, 0.3) is 0 Å². The molecule has 1 aromatic carbocycles. The summed E-state index contributed by atoms with van der Waals surface area (Å²) in [6.45, 7) is 3.40.